The summed E-state index contributed by atoms with van der Waals surface area (Å²) in [6.45, 7) is 19.2. The summed E-state index contributed by atoms with van der Waals surface area (Å²) >= 11 is 0. The first-order chi connectivity index (χ1) is 37.7. The summed E-state index contributed by atoms with van der Waals surface area (Å²) in [5.41, 5.74) is 7.80. The third kappa shape index (κ3) is 15.1. The lowest BCUT2D eigenvalue weighted by molar-refractivity contribution is -0.145. The van der Waals surface area contributed by atoms with Crippen LogP contribution >= 0.6 is 0 Å². The van der Waals surface area contributed by atoms with Crippen LogP contribution in [0.2, 0.25) is 0 Å². The first-order valence-corrected chi connectivity index (χ1v) is 28.7. The minimum absolute atomic E-state index is 0.0161. The van der Waals surface area contributed by atoms with Gasteiger partial charge in [0.25, 0.3) is 0 Å². The van der Waals surface area contributed by atoms with E-state index in [1.54, 1.807) is 52.1 Å². The van der Waals surface area contributed by atoms with Crippen LogP contribution in [0.3, 0.4) is 0 Å². The highest BCUT2D eigenvalue weighted by atomic mass is 32.2. The second-order valence-corrected chi connectivity index (χ2v) is 26.2. The van der Waals surface area contributed by atoms with Gasteiger partial charge in [0.15, 0.2) is 15.7 Å². The fraction of sp³-hybridized carbons (Fsp3) is 0.552. The van der Waals surface area contributed by atoms with Gasteiger partial charge in [0, 0.05) is 36.0 Å². The van der Waals surface area contributed by atoms with Crippen molar-refractivity contribution in [2.45, 2.75) is 135 Å². The van der Waals surface area contributed by atoms with Gasteiger partial charge in [-0.05, 0) is 92.3 Å². The number of hydrogen-bond donors (Lipinski definition) is 5. The third-order valence-electron chi connectivity index (χ3n) is 14.4. The number of benzene rings is 3. The minimum atomic E-state index is -3.92. The van der Waals surface area contributed by atoms with Crippen LogP contribution in [0.15, 0.2) is 71.8 Å². The van der Waals surface area contributed by atoms with Gasteiger partial charge in [0.1, 0.15) is 41.3 Å². The Bertz CT molecular complexity index is 3100. The molecule has 1 aliphatic carbocycles. The average molecular weight is 1130 g/mol. The number of carbonyl (C=O) groups is 4. The number of carbonyl (C=O) groups excluding carboxylic acids is 4. The van der Waals surface area contributed by atoms with Crippen LogP contribution in [-0.4, -0.2) is 141 Å². The first kappa shape index (κ1) is 61.2. The number of ether oxygens (including phenoxy) is 6. The van der Waals surface area contributed by atoms with Gasteiger partial charge >= 0.3 is 6.09 Å². The lowest BCUT2D eigenvalue weighted by atomic mass is 9.80. The number of H-pyrrole nitrogens is 1. The smallest absolute Gasteiger partial charge is 0.404 e. The number of fused-ring (bicyclic) bond motifs is 3. The molecule has 7 rings (SSSR count). The van der Waals surface area contributed by atoms with Crippen molar-refractivity contribution in [3.8, 4) is 5.75 Å². The molecule has 22 heteroatoms. The van der Waals surface area contributed by atoms with Gasteiger partial charge < -0.3 is 55.0 Å². The number of anilines is 2. The molecular weight excluding hydrogens is 1050 g/mol. The Morgan fingerprint density at radius 1 is 0.850 bits per heavy atom. The van der Waals surface area contributed by atoms with Gasteiger partial charge in [-0.2, -0.15) is 5.10 Å². The number of likely N-dealkylation sites (tertiary alicyclic amines) is 1. The number of aromatic amines is 1. The highest BCUT2D eigenvalue weighted by Gasteiger charge is 2.47. The van der Waals surface area contributed by atoms with Crippen LogP contribution in [0.4, 0.5) is 20.7 Å². The Morgan fingerprint density at radius 3 is 2.19 bits per heavy atom. The van der Waals surface area contributed by atoms with Crippen LogP contribution in [0.5, 0.6) is 5.75 Å². The lowest BCUT2D eigenvalue weighted by Gasteiger charge is -2.38. The molecule has 20 nitrogen and oxygen atoms in total. The van der Waals surface area contributed by atoms with Gasteiger partial charge in [0.2, 0.25) is 17.7 Å². The average Bonchev–Trinajstić information content (AvgIpc) is 4.01. The second-order valence-electron chi connectivity index (χ2n) is 23.6. The van der Waals surface area contributed by atoms with Crippen molar-refractivity contribution in [1.29, 1.82) is 0 Å². The van der Waals surface area contributed by atoms with E-state index in [1.165, 1.54) is 28.7 Å². The zero-order chi connectivity index (χ0) is 58.2. The highest BCUT2D eigenvalue weighted by Crippen LogP contribution is 2.39. The molecule has 0 spiro atoms. The molecular formula is C58H79FN8O12S. The highest BCUT2D eigenvalue weighted by molar-refractivity contribution is 7.92. The molecule has 4 amide bonds. The number of hydrogen-bond acceptors (Lipinski definition) is 15. The SMILES string of the molecule is C[C@H](C(=O)N[C@H](C(=O)N1C[C@@H](OCCOCCOCCOCCOc2cc3nccc(Nc4n[nH]c5ccc(F)cc45)c3cc2S(=O)(=O)C(C)(C)C)C[C@H]1C(=O)N[C@@H]1CCCc2ccccc21)C(C)(C)C)C(OC(N)=O)C(C)(C)C. The molecule has 2 aromatic heterocycles. The van der Waals surface area contributed by atoms with E-state index < -0.39 is 79.3 Å². The molecule has 0 radical (unpaired) electrons. The van der Waals surface area contributed by atoms with Gasteiger partial charge in [-0.25, -0.2) is 17.6 Å². The standard InChI is InChI=1S/C58H79FN8O12S/c1-35(50(57(5,6)7)79-55(60)71)52(68)64-49(56(2,3)4)54(70)67-34-38(31-46(67)53(69)63-42-17-13-15-36-14-11-12-16-39(36)42)77-28-26-75-24-22-74-23-25-76-27-29-78-47-33-45-40(32-48(47)80(72,73)58(8,9)10)43(20-21-61-45)62-51-41-30-37(59)18-19-44(41)65-66-51/h11-12,14,16,18-21,30,32-33,35,38,42,46,49-50H,13,15,17,22-29,31,34H2,1-10H3,(H2,60,71)(H,63,69)(H,64,68)(H2,61,62,65,66)/t35-,38-,42+,46-,49+,50?/m0/s1. The Balaban J connectivity index is 0.884. The summed E-state index contributed by atoms with van der Waals surface area (Å²) in [5, 5.41) is 17.6. The molecule has 3 aromatic carbocycles. The van der Waals surface area contributed by atoms with Crippen molar-refractivity contribution in [1.82, 2.24) is 30.7 Å². The van der Waals surface area contributed by atoms with E-state index in [0.29, 0.717) is 33.3 Å². The number of primary amides is 1. The molecule has 3 heterocycles. The number of sulfone groups is 1. The van der Waals surface area contributed by atoms with Crippen molar-refractivity contribution in [2.24, 2.45) is 22.5 Å². The molecule has 1 fully saturated rings. The normalized spacial score (nSPS) is 18.1. The maximum Gasteiger partial charge on any atom is 0.404 e. The molecule has 0 saturated carbocycles. The van der Waals surface area contributed by atoms with E-state index in [-0.39, 0.29) is 88.4 Å². The summed E-state index contributed by atoms with van der Waals surface area (Å²) in [6, 6.07) is 15.0. The summed E-state index contributed by atoms with van der Waals surface area (Å²) in [7, 11) is -3.92. The van der Waals surface area contributed by atoms with Gasteiger partial charge in [-0.3, -0.25) is 24.5 Å². The molecule has 5 aromatic rings. The number of amides is 4. The number of rotatable bonds is 24. The topological polar surface area (TPSA) is 265 Å². The fourth-order valence-corrected chi connectivity index (χ4v) is 11.4. The Labute approximate surface area is 468 Å². The number of nitrogens with zero attached hydrogens (tertiary/aromatic N) is 3. The van der Waals surface area contributed by atoms with Gasteiger partial charge in [0.05, 0.1) is 85.8 Å². The number of aryl methyl sites for hydroxylation is 1. The van der Waals surface area contributed by atoms with Crippen LogP contribution in [0.1, 0.15) is 106 Å². The van der Waals surface area contributed by atoms with Crippen molar-refractivity contribution in [3.63, 3.8) is 0 Å². The van der Waals surface area contributed by atoms with E-state index in [0.717, 1.165) is 24.8 Å². The Morgan fingerprint density at radius 2 is 1.52 bits per heavy atom. The summed E-state index contributed by atoms with van der Waals surface area (Å²) < 4.78 is 75.8. The molecule has 80 heavy (non-hydrogen) atoms. The third-order valence-corrected chi connectivity index (χ3v) is 16.9. The summed E-state index contributed by atoms with van der Waals surface area (Å²) in [4.78, 5) is 60.8. The number of nitrogens with two attached hydrogens (primary N) is 1. The monoisotopic (exact) mass is 1130 g/mol. The van der Waals surface area contributed by atoms with Crippen molar-refractivity contribution in [2.75, 3.05) is 64.7 Å². The molecule has 1 aliphatic heterocycles. The molecule has 1 saturated heterocycles. The number of aromatic nitrogens is 3. The maximum absolute atomic E-state index is 14.8. The van der Waals surface area contributed by atoms with Crippen molar-refractivity contribution in [3.05, 3.63) is 83.8 Å². The van der Waals surface area contributed by atoms with E-state index in [1.807, 2.05) is 59.7 Å². The number of nitrogens with one attached hydrogen (secondary N) is 4. The molecule has 6 atom stereocenters. The second kappa shape index (κ2) is 26.0. The molecule has 1 unspecified atom stereocenters. The zero-order valence-electron chi connectivity index (χ0n) is 47.6. The van der Waals surface area contributed by atoms with Crippen LogP contribution in [0.25, 0.3) is 21.8 Å². The number of pyridine rings is 1. The predicted octanol–water partition coefficient (Wildman–Crippen LogP) is 7.85. The summed E-state index contributed by atoms with van der Waals surface area (Å²) in [5.74, 6) is -2.04. The summed E-state index contributed by atoms with van der Waals surface area (Å²) in [6.07, 6.45) is 1.98. The van der Waals surface area contributed by atoms with Gasteiger partial charge in [-0.15, -0.1) is 0 Å². The van der Waals surface area contributed by atoms with Gasteiger partial charge in [-0.1, -0.05) is 72.7 Å². The fourth-order valence-electron chi connectivity index (χ4n) is 10.1. The van der Waals surface area contributed by atoms with E-state index in [2.05, 4.69) is 37.2 Å². The lowest BCUT2D eigenvalue weighted by Crippen LogP contribution is -2.59. The van der Waals surface area contributed by atoms with Crippen molar-refractivity contribution < 1.29 is 60.4 Å². The largest absolute Gasteiger partial charge is 0.490 e. The maximum atomic E-state index is 14.8. The van der Waals surface area contributed by atoms with E-state index >= 15 is 0 Å². The molecule has 2 aliphatic rings. The number of halogens is 1. The minimum Gasteiger partial charge on any atom is -0.490 e. The van der Waals surface area contributed by atoms with E-state index in [9.17, 15) is 32.0 Å². The predicted molar refractivity (Wildman–Crippen MR) is 301 cm³/mol. The van der Waals surface area contributed by atoms with Crippen LogP contribution in [0, 0.1) is 22.6 Å². The van der Waals surface area contributed by atoms with Crippen molar-refractivity contribution >= 4 is 67.0 Å². The Hall–Kier alpha value is -6.46. The van der Waals surface area contributed by atoms with Crippen LogP contribution in [-0.2, 0) is 54.3 Å². The van der Waals surface area contributed by atoms with Crippen LogP contribution < -0.4 is 26.4 Å². The van der Waals surface area contributed by atoms with E-state index in [4.69, 9.17) is 34.2 Å². The molecule has 0 bridgehead atoms. The quantitative estimate of drug-likeness (QED) is 0.0368. The Kier molecular flexibility index (Phi) is 19.9. The first-order valence-electron chi connectivity index (χ1n) is 27.3. The molecule has 436 valence electrons. The zero-order valence-corrected chi connectivity index (χ0v) is 48.4. The molecule has 6 N–H and O–H groups in total.